The number of nitrogens with zero attached hydrogens (tertiary/aromatic N) is 2. The Morgan fingerprint density at radius 3 is 2.14 bits per heavy atom. The van der Waals surface area contributed by atoms with Gasteiger partial charge in [0.25, 0.3) is 5.91 Å². The van der Waals surface area contributed by atoms with Crippen LogP contribution in [-0.2, 0) is 6.18 Å². The minimum absolute atomic E-state index is 0.152. The molecule has 1 aromatic carbocycles. The molecule has 0 bridgehead atoms. The van der Waals surface area contributed by atoms with Gasteiger partial charge in [-0.1, -0.05) is 23.5 Å². The lowest BCUT2D eigenvalue weighted by Crippen LogP contribution is -2.11. The lowest BCUT2D eigenvalue weighted by molar-refractivity contribution is -0.138. The summed E-state index contributed by atoms with van der Waals surface area (Å²) < 4.78 is 37.0. The van der Waals surface area contributed by atoms with Gasteiger partial charge in [-0.3, -0.25) is 14.9 Å². The third-order valence-electron chi connectivity index (χ3n) is 2.44. The zero-order valence-electron chi connectivity index (χ0n) is 10.6. The molecular weight excluding hydrogens is 307 g/mol. The molecule has 110 valence electrons. The van der Waals surface area contributed by atoms with Crippen LogP contribution in [0.1, 0.15) is 32.6 Å². The van der Waals surface area contributed by atoms with Crippen LogP contribution < -0.4 is 5.32 Å². The summed E-state index contributed by atoms with van der Waals surface area (Å²) in [5.74, 6) is -0.782. The standard InChI is InChI=1S/C12H8F3N3O2S/c1-6(19)7-2-4-8(5-3-7)9(20)16-11-18-17-10(21-11)12(13,14)15/h2-5H,1H3,(H,16,18,20). The molecule has 1 heterocycles. The fourth-order valence-electron chi connectivity index (χ4n) is 1.41. The average Bonchev–Trinajstić information content (AvgIpc) is 2.87. The molecule has 2 aromatic rings. The molecule has 0 radical (unpaired) electrons. The Labute approximate surface area is 120 Å². The Bertz CT molecular complexity index is 680. The van der Waals surface area contributed by atoms with Crippen LogP contribution in [0.5, 0.6) is 0 Å². The number of hydrogen-bond acceptors (Lipinski definition) is 5. The van der Waals surface area contributed by atoms with Crippen molar-refractivity contribution < 1.29 is 22.8 Å². The van der Waals surface area contributed by atoms with Gasteiger partial charge in [-0.25, -0.2) is 0 Å². The van der Waals surface area contributed by atoms with E-state index in [2.05, 4.69) is 15.5 Å². The number of anilines is 1. The first-order valence-electron chi connectivity index (χ1n) is 5.60. The number of ketones is 1. The zero-order chi connectivity index (χ0) is 15.6. The molecule has 0 aliphatic heterocycles. The van der Waals surface area contributed by atoms with E-state index in [9.17, 15) is 22.8 Å². The normalized spacial score (nSPS) is 11.2. The van der Waals surface area contributed by atoms with Crippen LogP contribution >= 0.6 is 11.3 Å². The van der Waals surface area contributed by atoms with E-state index in [0.29, 0.717) is 5.56 Å². The first-order valence-corrected chi connectivity index (χ1v) is 6.42. The van der Waals surface area contributed by atoms with Gasteiger partial charge in [0.15, 0.2) is 5.78 Å². The van der Waals surface area contributed by atoms with Crippen molar-refractivity contribution in [2.24, 2.45) is 0 Å². The predicted molar refractivity (Wildman–Crippen MR) is 69.3 cm³/mol. The van der Waals surface area contributed by atoms with Crippen molar-refractivity contribution in [3.63, 3.8) is 0 Å². The summed E-state index contributed by atoms with van der Waals surface area (Å²) in [6.45, 7) is 1.38. The molecule has 2 rings (SSSR count). The number of benzene rings is 1. The van der Waals surface area contributed by atoms with Crippen molar-refractivity contribution >= 4 is 28.2 Å². The Kier molecular flexibility index (Phi) is 4.03. The average molecular weight is 315 g/mol. The molecule has 9 heteroatoms. The van der Waals surface area contributed by atoms with Gasteiger partial charge < -0.3 is 0 Å². The largest absolute Gasteiger partial charge is 0.445 e. The SMILES string of the molecule is CC(=O)c1ccc(C(=O)Nc2nnc(C(F)(F)F)s2)cc1. The molecule has 1 amide bonds. The first kappa shape index (κ1) is 15.1. The third kappa shape index (κ3) is 3.63. The minimum atomic E-state index is -4.59. The van der Waals surface area contributed by atoms with Crippen LogP contribution in [-0.4, -0.2) is 21.9 Å². The second-order valence-electron chi connectivity index (χ2n) is 4.00. The number of halogens is 3. The van der Waals surface area contributed by atoms with Gasteiger partial charge in [0.2, 0.25) is 10.1 Å². The number of nitrogens with one attached hydrogen (secondary N) is 1. The van der Waals surface area contributed by atoms with Gasteiger partial charge in [-0.15, -0.1) is 10.2 Å². The van der Waals surface area contributed by atoms with Gasteiger partial charge in [0, 0.05) is 11.1 Å². The summed E-state index contributed by atoms with van der Waals surface area (Å²) in [7, 11) is 0. The topological polar surface area (TPSA) is 72.0 Å². The van der Waals surface area contributed by atoms with Crippen molar-refractivity contribution in [3.8, 4) is 0 Å². The predicted octanol–water partition coefficient (Wildman–Crippen LogP) is 3.01. The van der Waals surface area contributed by atoms with Crippen LogP contribution in [0.2, 0.25) is 0 Å². The quantitative estimate of drug-likeness (QED) is 0.884. The number of hydrogen-bond donors (Lipinski definition) is 1. The smallest absolute Gasteiger partial charge is 0.296 e. The van der Waals surface area contributed by atoms with Crippen molar-refractivity contribution in [1.82, 2.24) is 10.2 Å². The molecule has 0 aliphatic carbocycles. The van der Waals surface area contributed by atoms with E-state index in [-0.39, 0.29) is 27.8 Å². The highest BCUT2D eigenvalue weighted by atomic mass is 32.1. The van der Waals surface area contributed by atoms with E-state index >= 15 is 0 Å². The Morgan fingerprint density at radius 2 is 1.67 bits per heavy atom. The van der Waals surface area contributed by atoms with Gasteiger partial charge in [-0.05, 0) is 19.1 Å². The van der Waals surface area contributed by atoms with Gasteiger partial charge >= 0.3 is 6.18 Å². The Morgan fingerprint density at radius 1 is 1.10 bits per heavy atom. The van der Waals surface area contributed by atoms with E-state index in [1.807, 2.05) is 0 Å². The number of Topliss-reactive ketones (excluding diaryl/α,β-unsaturated/α-hetero) is 1. The molecule has 0 fully saturated rings. The maximum Gasteiger partial charge on any atom is 0.445 e. The van der Waals surface area contributed by atoms with Crippen molar-refractivity contribution in [1.29, 1.82) is 0 Å². The monoisotopic (exact) mass is 315 g/mol. The van der Waals surface area contributed by atoms with Crippen molar-refractivity contribution in [2.75, 3.05) is 5.32 Å². The maximum absolute atomic E-state index is 12.3. The molecule has 0 spiro atoms. The molecule has 21 heavy (non-hydrogen) atoms. The fraction of sp³-hybridized carbons (Fsp3) is 0.167. The number of carbonyl (C=O) groups is 2. The maximum atomic E-state index is 12.3. The Hall–Kier alpha value is -2.29. The van der Waals surface area contributed by atoms with Gasteiger partial charge in [-0.2, -0.15) is 13.2 Å². The van der Waals surface area contributed by atoms with E-state index in [1.165, 1.54) is 31.2 Å². The summed E-state index contributed by atoms with van der Waals surface area (Å²) >= 11 is 0.238. The zero-order valence-corrected chi connectivity index (χ0v) is 11.4. The molecule has 0 unspecified atom stereocenters. The lowest BCUT2D eigenvalue weighted by atomic mass is 10.1. The number of aromatic nitrogens is 2. The summed E-state index contributed by atoms with van der Waals surface area (Å²) in [5.41, 5.74) is 0.630. The van der Waals surface area contributed by atoms with Crippen LogP contribution in [0.15, 0.2) is 24.3 Å². The highest BCUT2D eigenvalue weighted by Gasteiger charge is 2.35. The van der Waals surface area contributed by atoms with E-state index in [0.717, 1.165) is 0 Å². The van der Waals surface area contributed by atoms with Crippen molar-refractivity contribution in [3.05, 3.63) is 40.4 Å². The van der Waals surface area contributed by atoms with Crippen LogP contribution in [0, 0.1) is 0 Å². The molecule has 0 saturated heterocycles. The van der Waals surface area contributed by atoms with Gasteiger partial charge in [0.05, 0.1) is 0 Å². The second-order valence-corrected chi connectivity index (χ2v) is 4.98. The minimum Gasteiger partial charge on any atom is -0.296 e. The van der Waals surface area contributed by atoms with Crippen LogP contribution in [0.25, 0.3) is 0 Å². The number of alkyl halides is 3. The summed E-state index contributed by atoms with van der Waals surface area (Å²) in [6, 6.07) is 5.71. The number of rotatable bonds is 3. The van der Waals surface area contributed by atoms with Crippen LogP contribution in [0.3, 0.4) is 0 Å². The number of carbonyl (C=O) groups excluding carboxylic acids is 2. The molecular formula is C12H8F3N3O2S. The molecule has 0 atom stereocenters. The second kappa shape index (κ2) is 5.60. The van der Waals surface area contributed by atoms with E-state index in [4.69, 9.17) is 0 Å². The van der Waals surface area contributed by atoms with Crippen LogP contribution in [0.4, 0.5) is 18.3 Å². The summed E-state index contributed by atoms with van der Waals surface area (Å²) in [4.78, 5) is 22.9. The third-order valence-corrected chi connectivity index (χ3v) is 3.33. The van der Waals surface area contributed by atoms with Gasteiger partial charge in [0.1, 0.15) is 0 Å². The Balaban J connectivity index is 2.11. The number of amides is 1. The highest BCUT2D eigenvalue weighted by molar-refractivity contribution is 7.15. The molecule has 0 saturated carbocycles. The van der Waals surface area contributed by atoms with Crippen molar-refractivity contribution in [2.45, 2.75) is 13.1 Å². The molecule has 5 nitrogen and oxygen atoms in total. The molecule has 1 N–H and O–H groups in total. The van der Waals surface area contributed by atoms with E-state index in [1.54, 1.807) is 0 Å². The summed E-state index contributed by atoms with van der Waals surface area (Å²) in [6.07, 6.45) is -4.59. The fourth-order valence-corrected chi connectivity index (χ4v) is 2.02. The van der Waals surface area contributed by atoms with E-state index < -0.39 is 17.1 Å². The first-order chi connectivity index (χ1) is 9.77. The lowest BCUT2D eigenvalue weighted by Gasteiger charge is -2.02. The summed E-state index contributed by atoms with van der Waals surface area (Å²) in [5, 5.41) is 7.05. The highest BCUT2D eigenvalue weighted by Crippen LogP contribution is 2.33. The molecule has 0 aliphatic rings. The molecule has 1 aromatic heterocycles.